The normalized spacial score (nSPS) is 22.1. The first kappa shape index (κ1) is 15.5. The van der Waals surface area contributed by atoms with E-state index in [0.29, 0.717) is 19.8 Å². The minimum atomic E-state index is -0.0633. The van der Waals surface area contributed by atoms with Crippen LogP contribution in [0.15, 0.2) is 11.4 Å². The Kier molecular flexibility index (Phi) is 6.01. The Morgan fingerprint density at radius 3 is 3.05 bits per heavy atom. The molecule has 1 aromatic heterocycles. The summed E-state index contributed by atoms with van der Waals surface area (Å²) in [6.45, 7) is 7.00. The van der Waals surface area contributed by atoms with Crippen LogP contribution in [0.5, 0.6) is 0 Å². The van der Waals surface area contributed by atoms with E-state index in [4.69, 9.17) is 4.74 Å². The molecule has 1 fully saturated rings. The number of hydrogen-bond acceptors (Lipinski definition) is 4. The van der Waals surface area contributed by atoms with Gasteiger partial charge in [0.15, 0.2) is 0 Å². The zero-order valence-electron chi connectivity index (χ0n) is 12.3. The fourth-order valence-corrected chi connectivity index (χ4v) is 3.40. The lowest BCUT2D eigenvalue weighted by molar-refractivity contribution is -0.125. The first-order chi connectivity index (χ1) is 9.76. The molecule has 2 rings (SSSR count). The molecule has 2 N–H and O–H groups in total. The number of hydrogen-bond donors (Lipinski definition) is 2. The summed E-state index contributed by atoms with van der Waals surface area (Å²) in [5.74, 6) is 0.0399. The molecule has 0 aliphatic carbocycles. The van der Waals surface area contributed by atoms with Crippen LogP contribution in [0.3, 0.4) is 0 Å². The van der Waals surface area contributed by atoms with Crippen LogP contribution in [-0.2, 0) is 22.5 Å². The van der Waals surface area contributed by atoms with E-state index in [9.17, 15) is 4.79 Å². The van der Waals surface area contributed by atoms with Crippen LogP contribution in [0.1, 0.15) is 30.7 Å². The molecule has 1 saturated heterocycles. The molecule has 0 saturated carbocycles. The number of thiophene rings is 1. The zero-order valence-corrected chi connectivity index (χ0v) is 13.1. The lowest BCUT2D eigenvalue weighted by atomic mass is 10.0. The molecule has 20 heavy (non-hydrogen) atoms. The molecule has 2 heterocycles. The average Bonchev–Trinajstić information content (AvgIpc) is 3.10. The Balaban J connectivity index is 1.84. The SMILES string of the molecule is CCCNC1COCC1C(=O)NCc1sccc1CC. The summed E-state index contributed by atoms with van der Waals surface area (Å²) < 4.78 is 5.45. The number of ether oxygens (including phenoxy) is 1. The summed E-state index contributed by atoms with van der Waals surface area (Å²) >= 11 is 1.71. The van der Waals surface area contributed by atoms with Crippen molar-refractivity contribution in [2.24, 2.45) is 5.92 Å². The highest BCUT2D eigenvalue weighted by molar-refractivity contribution is 7.10. The van der Waals surface area contributed by atoms with Crippen LogP contribution in [0, 0.1) is 5.92 Å². The molecule has 0 spiro atoms. The summed E-state index contributed by atoms with van der Waals surface area (Å²) in [6, 6.07) is 2.29. The van der Waals surface area contributed by atoms with E-state index in [1.54, 1.807) is 11.3 Å². The first-order valence-electron chi connectivity index (χ1n) is 7.40. The standard InChI is InChI=1S/C15H24N2O2S/c1-3-6-16-13-10-19-9-12(13)15(18)17-8-14-11(4-2)5-7-20-14/h5,7,12-13,16H,3-4,6,8-10H2,1-2H3,(H,17,18). The molecule has 0 aromatic carbocycles. The topological polar surface area (TPSA) is 50.4 Å². The Hall–Kier alpha value is -0.910. The molecular formula is C15H24N2O2S. The van der Waals surface area contributed by atoms with Crippen molar-refractivity contribution in [2.75, 3.05) is 19.8 Å². The van der Waals surface area contributed by atoms with Crippen molar-refractivity contribution in [1.82, 2.24) is 10.6 Å². The summed E-state index contributed by atoms with van der Waals surface area (Å²) in [5, 5.41) is 8.54. The molecule has 0 bridgehead atoms. The lowest BCUT2D eigenvalue weighted by Gasteiger charge is -2.18. The van der Waals surface area contributed by atoms with E-state index >= 15 is 0 Å². The van der Waals surface area contributed by atoms with Crippen LogP contribution in [0.25, 0.3) is 0 Å². The van der Waals surface area contributed by atoms with Gasteiger partial charge in [-0.25, -0.2) is 0 Å². The third-order valence-electron chi connectivity index (χ3n) is 3.72. The quantitative estimate of drug-likeness (QED) is 0.808. The van der Waals surface area contributed by atoms with E-state index in [-0.39, 0.29) is 17.9 Å². The van der Waals surface area contributed by atoms with Gasteiger partial charge in [0.2, 0.25) is 5.91 Å². The fraction of sp³-hybridized carbons (Fsp3) is 0.667. The van der Waals surface area contributed by atoms with Crippen molar-refractivity contribution in [2.45, 2.75) is 39.3 Å². The zero-order chi connectivity index (χ0) is 14.4. The molecule has 1 amide bonds. The molecule has 1 aromatic rings. The van der Waals surface area contributed by atoms with Crippen molar-refractivity contribution in [3.8, 4) is 0 Å². The van der Waals surface area contributed by atoms with Crippen molar-refractivity contribution >= 4 is 17.2 Å². The monoisotopic (exact) mass is 296 g/mol. The van der Waals surface area contributed by atoms with Gasteiger partial charge in [-0.2, -0.15) is 0 Å². The van der Waals surface area contributed by atoms with Crippen LogP contribution in [-0.4, -0.2) is 31.7 Å². The maximum Gasteiger partial charge on any atom is 0.227 e. The highest BCUT2D eigenvalue weighted by atomic mass is 32.1. The second-order valence-electron chi connectivity index (χ2n) is 5.14. The highest BCUT2D eigenvalue weighted by Crippen LogP contribution is 2.18. The van der Waals surface area contributed by atoms with Gasteiger partial charge in [-0.1, -0.05) is 13.8 Å². The Labute approximate surface area is 124 Å². The largest absolute Gasteiger partial charge is 0.379 e. The highest BCUT2D eigenvalue weighted by Gasteiger charge is 2.33. The van der Waals surface area contributed by atoms with Crippen LogP contribution < -0.4 is 10.6 Å². The molecule has 5 heteroatoms. The molecule has 1 aliphatic heterocycles. The summed E-state index contributed by atoms with van der Waals surface area (Å²) in [7, 11) is 0. The number of aryl methyl sites for hydroxylation is 1. The van der Waals surface area contributed by atoms with Crippen molar-refractivity contribution < 1.29 is 9.53 Å². The summed E-state index contributed by atoms with van der Waals surface area (Å²) in [4.78, 5) is 13.5. The van der Waals surface area contributed by atoms with Crippen molar-refractivity contribution in [3.05, 3.63) is 21.9 Å². The van der Waals surface area contributed by atoms with Gasteiger partial charge in [-0.05, 0) is 36.4 Å². The average molecular weight is 296 g/mol. The van der Waals surface area contributed by atoms with E-state index in [0.717, 1.165) is 19.4 Å². The summed E-state index contributed by atoms with van der Waals surface area (Å²) in [5.41, 5.74) is 1.33. The van der Waals surface area contributed by atoms with Gasteiger partial charge in [0, 0.05) is 10.9 Å². The second kappa shape index (κ2) is 7.76. The molecule has 2 atom stereocenters. The van der Waals surface area contributed by atoms with Gasteiger partial charge < -0.3 is 15.4 Å². The van der Waals surface area contributed by atoms with E-state index in [2.05, 4.69) is 35.9 Å². The van der Waals surface area contributed by atoms with Crippen LogP contribution >= 0.6 is 11.3 Å². The number of rotatable bonds is 7. The molecule has 2 unspecified atom stereocenters. The number of carbonyl (C=O) groups excluding carboxylic acids is 1. The van der Waals surface area contributed by atoms with Gasteiger partial charge in [0.25, 0.3) is 0 Å². The first-order valence-corrected chi connectivity index (χ1v) is 8.28. The number of nitrogens with one attached hydrogen (secondary N) is 2. The van der Waals surface area contributed by atoms with E-state index in [1.807, 2.05) is 0 Å². The van der Waals surface area contributed by atoms with Crippen LogP contribution in [0.4, 0.5) is 0 Å². The minimum absolute atomic E-state index is 0.0633. The van der Waals surface area contributed by atoms with Gasteiger partial charge in [0.1, 0.15) is 0 Å². The van der Waals surface area contributed by atoms with Crippen molar-refractivity contribution in [1.29, 1.82) is 0 Å². The molecule has 1 aliphatic rings. The van der Waals surface area contributed by atoms with Gasteiger partial charge in [-0.15, -0.1) is 11.3 Å². The van der Waals surface area contributed by atoms with Crippen LogP contribution in [0.2, 0.25) is 0 Å². The van der Waals surface area contributed by atoms with Crippen molar-refractivity contribution in [3.63, 3.8) is 0 Å². The molecule has 0 radical (unpaired) electrons. The Morgan fingerprint density at radius 2 is 2.30 bits per heavy atom. The smallest absolute Gasteiger partial charge is 0.227 e. The fourth-order valence-electron chi connectivity index (χ4n) is 2.48. The van der Waals surface area contributed by atoms with E-state index < -0.39 is 0 Å². The molecule has 112 valence electrons. The minimum Gasteiger partial charge on any atom is -0.379 e. The lowest BCUT2D eigenvalue weighted by Crippen LogP contribution is -2.44. The third kappa shape index (κ3) is 3.81. The molecule has 4 nitrogen and oxygen atoms in total. The number of amides is 1. The second-order valence-corrected chi connectivity index (χ2v) is 6.15. The van der Waals surface area contributed by atoms with Gasteiger partial charge in [-0.3, -0.25) is 4.79 Å². The molecular weight excluding hydrogens is 272 g/mol. The maximum atomic E-state index is 12.3. The Morgan fingerprint density at radius 1 is 1.45 bits per heavy atom. The van der Waals surface area contributed by atoms with E-state index in [1.165, 1.54) is 10.4 Å². The van der Waals surface area contributed by atoms with Gasteiger partial charge >= 0.3 is 0 Å². The summed E-state index contributed by atoms with van der Waals surface area (Å²) in [6.07, 6.45) is 2.09. The maximum absolute atomic E-state index is 12.3. The Bertz CT molecular complexity index is 433. The number of carbonyl (C=O) groups is 1. The third-order valence-corrected chi connectivity index (χ3v) is 4.68. The predicted molar refractivity (Wildman–Crippen MR) is 81.9 cm³/mol. The predicted octanol–water partition coefficient (Wildman–Crippen LogP) is 1.94. The van der Waals surface area contributed by atoms with Gasteiger partial charge in [0.05, 0.1) is 25.7 Å².